The summed E-state index contributed by atoms with van der Waals surface area (Å²) in [6.45, 7) is 0. The van der Waals surface area contributed by atoms with Gasteiger partial charge in [0.15, 0.2) is 0 Å². The molecule has 0 bridgehead atoms. The fourth-order valence-electron chi connectivity index (χ4n) is 2.48. The van der Waals surface area contributed by atoms with Gasteiger partial charge in [0.1, 0.15) is 0 Å². The smallest absolute Gasteiger partial charge is 0.286 e. The van der Waals surface area contributed by atoms with Crippen molar-refractivity contribution in [1.29, 1.82) is 0 Å². The molecule has 0 aromatic heterocycles. The van der Waals surface area contributed by atoms with Crippen molar-refractivity contribution in [2.45, 2.75) is 6.04 Å². The molecular formula is C15H9NO4. The second-order valence-corrected chi connectivity index (χ2v) is 4.51. The number of fused-ring (bicyclic) bond motifs is 1. The van der Waals surface area contributed by atoms with Crippen LogP contribution in [0.2, 0.25) is 0 Å². The Labute approximate surface area is 114 Å². The number of Topliss-reactive ketones (excluding diaryl/α,β-unsaturated/α-hetero) is 2. The van der Waals surface area contributed by atoms with Gasteiger partial charge in [0.05, 0.1) is 0 Å². The first-order valence-electron chi connectivity index (χ1n) is 6.01. The van der Waals surface area contributed by atoms with Crippen LogP contribution in [0.15, 0.2) is 48.5 Å². The van der Waals surface area contributed by atoms with Gasteiger partial charge in [0.25, 0.3) is 0 Å². The number of ketones is 2. The Bertz CT molecular complexity index is 737. The van der Waals surface area contributed by atoms with Gasteiger partial charge in [0.2, 0.25) is 11.6 Å². The molecule has 0 unspecified atom stereocenters. The quantitative estimate of drug-likeness (QED) is 0.475. The lowest BCUT2D eigenvalue weighted by Crippen LogP contribution is -2.31. The predicted molar refractivity (Wildman–Crippen MR) is 71.3 cm³/mol. The van der Waals surface area contributed by atoms with Gasteiger partial charge in [0, 0.05) is 16.1 Å². The van der Waals surface area contributed by atoms with Crippen LogP contribution in [0, 0.1) is 10.1 Å². The second kappa shape index (κ2) is 4.38. The summed E-state index contributed by atoms with van der Waals surface area (Å²) in [6.07, 6.45) is 0. The number of benzene rings is 2. The Kier molecular flexibility index (Phi) is 2.68. The van der Waals surface area contributed by atoms with Gasteiger partial charge in [-0.2, -0.15) is 0 Å². The molecule has 0 saturated heterocycles. The molecule has 1 atom stereocenters. The van der Waals surface area contributed by atoms with Gasteiger partial charge < -0.3 is 0 Å². The topological polar surface area (TPSA) is 77.3 Å². The first-order chi connectivity index (χ1) is 9.61. The Morgan fingerprint density at radius 3 is 2.15 bits per heavy atom. The third kappa shape index (κ3) is 1.64. The van der Waals surface area contributed by atoms with Crippen LogP contribution in [-0.2, 0) is 0 Å². The molecule has 0 aliphatic heterocycles. The molecule has 0 radical (unpaired) electrons. The Morgan fingerprint density at radius 2 is 1.50 bits per heavy atom. The Morgan fingerprint density at radius 1 is 0.850 bits per heavy atom. The van der Waals surface area contributed by atoms with Gasteiger partial charge in [-0.15, -0.1) is 0 Å². The SMILES string of the molecule is O=C1c2cccc(-c3ccccc3)c2C(=O)[C@@H]1[N+](=O)[O-]. The van der Waals surface area contributed by atoms with E-state index in [1.807, 2.05) is 6.07 Å². The largest absolute Gasteiger partial charge is 0.336 e. The maximum atomic E-state index is 12.2. The number of nitro groups is 1. The third-order valence-corrected chi connectivity index (χ3v) is 3.37. The van der Waals surface area contributed by atoms with Crippen LogP contribution in [0.3, 0.4) is 0 Å². The second-order valence-electron chi connectivity index (χ2n) is 4.51. The van der Waals surface area contributed by atoms with Gasteiger partial charge >= 0.3 is 6.04 Å². The summed E-state index contributed by atoms with van der Waals surface area (Å²) in [6, 6.07) is 12.0. The Hall–Kier alpha value is -2.82. The lowest BCUT2D eigenvalue weighted by atomic mass is 9.96. The molecule has 2 aromatic carbocycles. The highest BCUT2D eigenvalue weighted by Gasteiger charge is 2.48. The van der Waals surface area contributed by atoms with Crippen molar-refractivity contribution in [2.24, 2.45) is 0 Å². The van der Waals surface area contributed by atoms with E-state index in [0.717, 1.165) is 5.56 Å². The minimum Gasteiger partial charge on any atom is -0.286 e. The summed E-state index contributed by atoms with van der Waals surface area (Å²) in [4.78, 5) is 34.2. The lowest BCUT2D eigenvalue weighted by Gasteiger charge is -2.05. The van der Waals surface area contributed by atoms with Crippen LogP contribution < -0.4 is 0 Å². The number of nitrogens with zero attached hydrogens (tertiary/aromatic N) is 1. The summed E-state index contributed by atoms with van der Waals surface area (Å²) in [5, 5.41) is 10.9. The van der Waals surface area contributed by atoms with E-state index < -0.39 is 22.5 Å². The molecule has 20 heavy (non-hydrogen) atoms. The van der Waals surface area contributed by atoms with Crippen LogP contribution in [0.5, 0.6) is 0 Å². The van der Waals surface area contributed by atoms with Gasteiger partial charge in [-0.3, -0.25) is 19.7 Å². The lowest BCUT2D eigenvalue weighted by molar-refractivity contribution is -0.488. The number of hydrogen-bond donors (Lipinski definition) is 0. The van der Waals surface area contributed by atoms with Crippen molar-refractivity contribution >= 4 is 11.6 Å². The summed E-state index contributed by atoms with van der Waals surface area (Å²) in [5.74, 6) is -1.46. The molecule has 98 valence electrons. The van der Waals surface area contributed by atoms with Crippen molar-refractivity contribution < 1.29 is 14.5 Å². The van der Waals surface area contributed by atoms with Crippen molar-refractivity contribution in [3.05, 3.63) is 69.8 Å². The van der Waals surface area contributed by atoms with E-state index >= 15 is 0 Å². The highest BCUT2D eigenvalue weighted by molar-refractivity contribution is 6.30. The standard InChI is InChI=1S/C15H9NO4/c17-14-11-8-4-7-10(9-5-2-1-3-6-9)12(11)15(18)13(14)16(19)20/h1-8,13H/t13-/m1/s1. The molecule has 0 heterocycles. The molecule has 3 rings (SSSR count). The average Bonchev–Trinajstić information content (AvgIpc) is 2.72. The molecule has 5 nitrogen and oxygen atoms in total. The molecule has 1 aliphatic rings. The molecule has 0 amide bonds. The summed E-state index contributed by atoms with van der Waals surface area (Å²) in [7, 11) is 0. The zero-order chi connectivity index (χ0) is 14.3. The van der Waals surface area contributed by atoms with E-state index in [4.69, 9.17) is 0 Å². The van der Waals surface area contributed by atoms with E-state index in [1.165, 1.54) is 6.07 Å². The number of carbonyl (C=O) groups is 2. The van der Waals surface area contributed by atoms with E-state index in [0.29, 0.717) is 5.56 Å². The Balaban J connectivity index is 2.24. The minimum atomic E-state index is -1.80. The maximum absolute atomic E-state index is 12.2. The zero-order valence-electron chi connectivity index (χ0n) is 10.3. The summed E-state index contributed by atoms with van der Waals surface area (Å²) in [5.41, 5.74) is 1.61. The van der Waals surface area contributed by atoms with Crippen LogP contribution in [0.4, 0.5) is 0 Å². The average molecular weight is 267 g/mol. The monoisotopic (exact) mass is 267 g/mol. The number of rotatable bonds is 2. The van der Waals surface area contributed by atoms with Crippen molar-refractivity contribution in [3.8, 4) is 11.1 Å². The van der Waals surface area contributed by atoms with Crippen LogP contribution >= 0.6 is 0 Å². The first-order valence-corrected chi connectivity index (χ1v) is 6.01. The molecule has 5 heteroatoms. The van der Waals surface area contributed by atoms with E-state index in [9.17, 15) is 19.7 Å². The molecule has 0 fully saturated rings. The van der Waals surface area contributed by atoms with Gasteiger partial charge in [-0.05, 0) is 11.1 Å². The molecule has 0 N–H and O–H groups in total. The van der Waals surface area contributed by atoms with Crippen LogP contribution in [-0.4, -0.2) is 22.5 Å². The predicted octanol–water partition coefficient (Wildman–Crippen LogP) is 2.38. The fraction of sp³-hybridized carbons (Fsp3) is 0.0667. The highest BCUT2D eigenvalue weighted by Crippen LogP contribution is 2.33. The van der Waals surface area contributed by atoms with Gasteiger partial charge in [-0.25, -0.2) is 0 Å². The van der Waals surface area contributed by atoms with E-state index in [-0.39, 0.29) is 11.1 Å². The molecular weight excluding hydrogens is 258 g/mol. The third-order valence-electron chi connectivity index (χ3n) is 3.37. The van der Waals surface area contributed by atoms with Crippen LogP contribution in [0.25, 0.3) is 11.1 Å². The van der Waals surface area contributed by atoms with E-state index in [2.05, 4.69) is 0 Å². The first kappa shape index (κ1) is 12.2. The molecule has 2 aromatic rings. The zero-order valence-corrected chi connectivity index (χ0v) is 10.3. The van der Waals surface area contributed by atoms with Crippen molar-refractivity contribution in [3.63, 3.8) is 0 Å². The molecule has 0 saturated carbocycles. The molecule has 1 aliphatic carbocycles. The highest BCUT2D eigenvalue weighted by atomic mass is 16.6. The summed E-state index contributed by atoms with van der Waals surface area (Å²) >= 11 is 0. The van der Waals surface area contributed by atoms with Crippen LogP contribution in [0.1, 0.15) is 20.7 Å². The number of carbonyl (C=O) groups excluding carboxylic acids is 2. The maximum Gasteiger partial charge on any atom is 0.336 e. The van der Waals surface area contributed by atoms with Crippen molar-refractivity contribution in [2.75, 3.05) is 0 Å². The van der Waals surface area contributed by atoms with Gasteiger partial charge in [-0.1, -0.05) is 48.5 Å². The summed E-state index contributed by atoms with van der Waals surface area (Å²) < 4.78 is 0. The molecule has 0 spiro atoms. The van der Waals surface area contributed by atoms with Crippen molar-refractivity contribution in [1.82, 2.24) is 0 Å². The normalized spacial score (nSPS) is 17.1. The minimum absolute atomic E-state index is 0.137. The fourth-order valence-corrected chi connectivity index (χ4v) is 2.48. The number of hydrogen-bond acceptors (Lipinski definition) is 4. The van der Waals surface area contributed by atoms with E-state index in [1.54, 1.807) is 36.4 Å².